The maximum Gasteiger partial charge on any atom is 0.309 e. The van der Waals surface area contributed by atoms with Gasteiger partial charge in [-0.05, 0) is 54.7 Å². The first kappa shape index (κ1) is 17.3. The lowest BCUT2D eigenvalue weighted by Crippen LogP contribution is -2.49. The molecule has 1 saturated carbocycles. The summed E-state index contributed by atoms with van der Waals surface area (Å²) in [7, 11) is 0. The Kier molecular flexibility index (Phi) is 4.86. The minimum Gasteiger partial charge on any atom is -0.490 e. The second-order valence-corrected chi connectivity index (χ2v) is 8.04. The largest absolute Gasteiger partial charge is 0.490 e. The highest BCUT2D eigenvalue weighted by Crippen LogP contribution is 2.32. The van der Waals surface area contributed by atoms with Gasteiger partial charge in [0.2, 0.25) is 0 Å². The van der Waals surface area contributed by atoms with E-state index in [9.17, 15) is 4.79 Å². The van der Waals surface area contributed by atoms with Gasteiger partial charge in [0.15, 0.2) is 0 Å². The molecule has 26 heavy (non-hydrogen) atoms. The van der Waals surface area contributed by atoms with Gasteiger partial charge in [-0.2, -0.15) is 0 Å². The molecule has 1 N–H and O–H groups in total. The summed E-state index contributed by atoms with van der Waals surface area (Å²) in [6, 6.07) is 12.8. The van der Waals surface area contributed by atoms with Crippen LogP contribution in [0.3, 0.4) is 0 Å². The van der Waals surface area contributed by atoms with Gasteiger partial charge in [0.05, 0.1) is 12.0 Å². The molecule has 0 amide bonds. The van der Waals surface area contributed by atoms with Crippen LogP contribution in [0, 0.1) is 11.8 Å². The molecule has 0 atom stereocenters. The van der Waals surface area contributed by atoms with E-state index in [-0.39, 0.29) is 5.92 Å². The molecule has 2 aliphatic rings. The first-order valence-corrected chi connectivity index (χ1v) is 9.72. The van der Waals surface area contributed by atoms with E-state index in [2.05, 4.69) is 48.2 Å². The van der Waals surface area contributed by atoms with Crippen LogP contribution in [0.1, 0.15) is 38.2 Å². The molecule has 4 heteroatoms. The zero-order chi connectivity index (χ0) is 18.1. The molecule has 0 radical (unpaired) electrons. The normalized spacial score (nSPS) is 24.3. The van der Waals surface area contributed by atoms with Crippen molar-refractivity contribution in [1.82, 2.24) is 4.90 Å². The van der Waals surface area contributed by atoms with Crippen molar-refractivity contribution in [2.24, 2.45) is 11.8 Å². The number of benzene rings is 2. The van der Waals surface area contributed by atoms with E-state index in [0.29, 0.717) is 19.2 Å². The van der Waals surface area contributed by atoms with Crippen molar-refractivity contribution in [1.29, 1.82) is 0 Å². The van der Waals surface area contributed by atoms with Crippen molar-refractivity contribution in [3.8, 4) is 5.75 Å². The molecule has 1 saturated heterocycles. The predicted molar refractivity (Wildman–Crippen MR) is 102 cm³/mol. The van der Waals surface area contributed by atoms with E-state index >= 15 is 0 Å². The molecule has 2 aromatic rings. The summed E-state index contributed by atoms with van der Waals surface area (Å²) in [6.45, 7) is 4.44. The minimum atomic E-state index is -0.682. The standard InChI is InChI=1S/C22H27NO3/c1-15-5-8-19(9-6-15)26-21-4-2-3-17-11-16(7-10-20(17)21)12-23-13-18(14-23)22(24)25/h2-4,7,10-11,15,18-19H,5-6,8-9,12-14H2,1H3,(H,24,25)/t15-,19-. The highest BCUT2D eigenvalue weighted by molar-refractivity contribution is 5.88. The quantitative estimate of drug-likeness (QED) is 0.870. The number of ether oxygens (including phenoxy) is 1. The summed E-state index contributed by atoms with van der Waals surface area (Å²) in [4.78, 5) is 13.1. The molecule has 4 nitrogen and oxygen atoms in total. The SMILES string of the molecule is C[C@H]1CC[C@H](Oc2cccc3cc(CN4CC(C(=O)O)C4)ccc23)CC1. The second-order valence-electron chi connectivity index (χ2n) is 8.04. The van der Waals surface area contributed by atoms with Crippen LogP contribution in [-0.4, -0.2) is 35.2 Å². The van der Waals surface area contributed by atoms with Crippen molar-refractivity contribution in [2.75, 3.05) is 13.1 Å². The highest BCUT2D eigenvalue weighted by atomic mass is 16.5. The van der Waals surface area contributed by atoms with Crippen LogP contribution in [0.4, 0.5) is 0 Å². The molecule has 4 rings (SSSR count). The Labute approximate surface area is 154 Å². The summed E-state index contributed by atoms with van der Waals surface area (Å²) in [5, 5.41) is 11.4. The topological polar surface area (TPSA) is 49.8 Å². The first-order valence-electron chi connectivity index (χ1n) is 9.72. The number of rotatable bonds is 5. The number of hydrogen-bond acceptors (Lipinski definition) is 3. The maximum atomic E-state index is 10.9. The lowest BCUT2D eigenvalue weighted by atomic mass is 9.89. The third-order valence-corrected chi connectivity index (χ3v) is 5.87. The molecule has 1 heterocycles. The van der Waals surface area contributed by atoms with E-state index in [4.69, 9.17) is 9.84 Å². The molecule has 0 aromatic heterocycles. The summed E-state index contributed by atoms with van der Waals surface area (Å²) in [5.41, 5.74) is 1.23. The van der Waals surface area contributed by atoms with Crippen LogP contribution < -0.4 is 4.74 Å². The highest BCUT2D eigenvalue weighted by Gasteiger charge is 2.32. The van der Waals surface area contributed by atoms with Crippen LogP contribution in [0.15, 0.2) is 36.4 Å². The molecule has 0 spiro atoms. The van der Waals surface area contributed by atoms with Gasteiger partial charge in [-0.15, -0.1) is 0 Å². The molecule has 0 unspecified atom stereocenters. The molecular formula is C22H27NO3. The molecule has 2 fully saturated rings. The minimum absolute atomic E-state index is 0.200. The van der Waals surface area contributed by atoms with E-state index in [1.165, 1.54) is 29.2 Å². The Balaban J connectivity index is 1.45. The lowest BCUT2D eigenvalue weighted by molar-refractivity contribution is -0.147. The van der Waals surface area contributed by atoms with E-state index in [1.807, 2.05) is 0 Å². The Morgan fingerprint density at radius 2 is 1.92 bits per heavy atom. The first-order chi connectivity index (χ1) is 12.6. The molecular weight excluding hydrogens is 326 g/mol. The number of carbonyl (C=O) groups is 1. The fourth-order valence-corrected chi connectivity index (χ4v) is 4.14. The van der Waals surface area contributed by atoms with Crippen LogP contribution in [0.5, 0.6) is 5.75 Å². The Morgan fingerprint density at radius 3 is 2.65 bits per heavy atom. The van der Waals surface area contributed by atoms with Gasteiger partial charge in [-0.25, -0.2) is 0 Å². The summed E-state index contributed by atoms with van der Waals surface area (Å²) in [5.74, 6) is 0.933. The van der Waals surface area contributed by atoms with Gasteiger partial charge in [0, 0.05) is 25.0 Å². The number of likely N-dealkylation sites (tertiary alicyclic amines) is 1. The molecule has 138 valence electrons. The van der Waals surface area contributed by atoms with Gasteiger partial charge in [-0.3, -0.25) is 9.69 Å². The Hall–Kier alpha value is -2.07. The number of fused-ring (bicyclic) bond motifs is 1. The monoisotopic (exact) mass is 353 g/mol. The average Bonchev–Trinajstić information content (AvgIpc) is 2.59. The van der Waals surface area contributed by atoms with Gasteiger partial charge in [0.1, 0.15) is 5.75 Å². The predicted octanol–water partition coefficient (Wildman–Crippen LogP) is 4.31. The molecule has 2 aromatic carbocycles. The van der Waals surface area contributed by atoms with Crippen LogP contribution in [-0.2, 0) is 11.3 Å². The van der Waals surface area contributed by atoms with Crippen molar-refractivity contribution < 1.29 is 14.6 Å². The van der Waals surface area contributed by atoms with Crippen LogP contribution in [0.25, 0.3) is 10.8 Å². The fraction of sp³-hybridized carbons (Fsp3) is 0.500. The van der Waals surface area contributed by atoms with Crippen LogP contribution >= 0.6 is 0 Å². The van der Waals surface area contributed by atoms with Crippen molar-refractivity contribution >= 4 is 16.7 Å². The van der Waals surface area contributed by atoms with Gasteiger partial charge < -0.3 is 9.84 Å². The van der Waals surface area contributed by atoms with Gasteiger partial charge in [0.25, 0.3) is 0 Å². The van der Waals surface area contributed by atoms with Crippen molar-refractivity contribution in [2.45, 2.75) is 45.3 Å². The molecule has 1 aliphatic heterocycles. The number of aliphatic carboxylic acids is 1. The van der Waals surface area contributed by atoms with Gasteiger partial charge in [-0.1, -0.05) is 31.2 Å². The number of carboxylic acids is 1. The number of hydrogen-bond donors (Lipinski definition) is 1. The van der Waals surface area contributed by atoms with E-state index in [0.717, 1.165) is 31.1 Å². The smallest absolute Gasteiger partial charge is 0.309 e. The third kappa shape index (κ3) is 3.70. The lowest BCUT2D eigenvalue weighted by Gasteiger charge is -2.36. The average molecular weight is 353 g/mol. The van der Waals surface area contributed by atoms with Crippen molar-refractivity contribution in [3.05, 3.63) is 42.0 Å². The molecule has 0 bridgehead atoms. The van der Waals surface area contributed by atoms with Crippen LogP contribution in [0.2, 0.25) is 0 Å². The van der Waals surface area contributed by atoms with E-state index in [1.54, 1.807) is 0 Å². The third-order valence-electron chi connectivity index (χ3n) is 5.87. The Morgan fingerprint density at radius 1 is 1.15 bits per heavy atom. The summed E-state index contributed by atoms with van der Waals surface area (Å²) < 4.78 is 6.33. The fourth-order valence-electron chi connectivity index (χ4n) is 4.14. The van der Waals surface area contributed by atoms with Crippen molar-refractivity contribution in [3.63, 3.8) is 0 Å². The zero-order valence-corrected chi connectivity index (χ0v) is 15.4. The molecule has 1 aliphatic carbocycles. The second kappa shape index (κ2) is 7.28. The van der Waals surface area contributed by atoms with E-state index < -0.39 is 5.97 Å². The number of nitrogens with zero attached hydrogens (tertiary/aromatic N) is 1. The zero-order valence-electron chi connectivity index (χ0n) is 15.4. The summed E-state index contributed by atoms with van der Waals surface area (Å²) in [6.07, 6.45) is 5.15. The number of carboxylic acid groups (broad SMARTS) is 1. The Bertz CT molecular complexity index is 789. The van der Waals surface area contributed by atoms with Gasteiger partial charge >= 0.3 is 5.97 Å². The summed E-state index contributed by atoms with van der Waals surface area (Å²) >= 11 is 0. The maximum absolute atomic E-state index is 10.9.